The molecule has 1 aliphatic carbocycles. The summed E-state index contributed by atoms with van der Waals surface area (Å²) in [4.78, 5) is 0. The molecular weight excluding hydrogens is 239 g/mol. The summed E-state index contributed by atoms with van der Waals surface area (Å²) in [5.41, 5.74) is 1.51. The van der Waals surface area contributed by atoms with E-state index in [-0.39, 0.29) is 6.42 Å². The zero-order valence-electron chi connectivity index (χ0n) is 8.50. The van der Waals surface area contributed by atoms with E-state index >= 15 is 0 Å². The van der Waals surface area contributed by atoms with Crippen molar-refractivity contribution >= 4 is 16.5 Å². The monoisotopic (exact) mass is 251 g/mol. The average Bonchev–Trinajstić information content (AvgIpc) is 2.70. The fourth-order valence-corrected chi connectivity index (χ4v) is 2.60. The SMILES string of the molecule is FC(F)(F)C1CCCCC1Nc1nncs1. The molecule has 1 aromatic heterocycles. The van der Waals surface area contributed by atoms with Gasteiger partial charge >= 0.3 is 6.18 Å². The highest BCUT2D eigenvalue weighted by molar-refractivity contribution is 7.13. The summed E-state index contributed by atoms with van der Waals surface area (Å²) in [6.07, 6.45) is -1.88. The van der Waals surface area contributed by atoms with Gasteiger partial charge in [0.2, 0.25) is 5.13 Å². The van der Waals surface area contributed by atoms with Crippen molar-refractivity contribution in [3.8, 4) is 0 Å². The lowest BCUT2D eigenvalue weighted by Crippen LogP contribution is -2.41. The summed E-state index contributed by atoms with van der Waals surface area (Å²) in [5.74, 6) is -1.26. The number of anilines is 1. The van der Waals surface area contributed by atoms with Gasteiger partial charge in [-0.05, 0) is 12.8 Å². The fraction of sp³-hybridized carbons (Fsp3) is 0.778. The van der Waals surface area contributed by atoms with Crippen molar-refractivity contribution < 1.29 is 13.2 Å². The Morgan fingerprint density at radius 1 is 1.31 bits per heavy atom. The smallest absolute Gasteiger partial charge is 0.357 e. The quantitative estimate of drug-likeness (QED) is 0.877. The summed E-state index contributed by atoms with van der Waals surface area (Å²) >= 11 is 1.23. The molecule has 2 atom stereocenters. The molecule has 0 aliphatic heterocycles. The van der Waals surface area contributed by atoms with Gasteiger partial charge in [-0.25, -0.2) is 0 Å². The molecule has 1 aliphatic rings. The maximum absolute atomic E-state index is 12.7. The molecule has 2 rings (SSSR count). The van der Waals surface area contributed by atoms with Gasteiger partial charge in [-0.2, -0.15) is 13.2 Å². The van der Waals surface area contributed by atoms with E-state index in [0.29, 0.717) is 18.0 Å². The number of nitrogens with one attached hydrogen (secondary N) is 1. The first kappa shape index (κ1) is 11.6. The minimum absolute atomic E-state index is 0.208. The number of aromatic nitrogens is 2. The average molecular weight is 251 g/mol. The lowest BCUT2D eigenvalue weighted by atomic mass is 9.84. The number of hydrogen-bond donors (Lipinski definition) is 1. The topological polar surface area (TPSA) is 37.8 Å². The Kier molecular flexibility index (Phi) is 3.32. The minimum atomic E-state index is -4.12. The zero-order chi connectivity index (χ0) is 11.6. The lowest BCUT2D eigenvalue weighted by molar-refractivity contribution is -0.184. The molecule has 7 heteroatoms. The van der Waals surface area contributed by atoms with Gasteiger partial charge in [0, 0.05) is 6.04 Å². The van der Waals surface area contributed by atoms with Gasteiger partial charge in [-0.3, -0.25) is 0 Å². The van der Waals surface area contributed by atoms with Crippen LogP contribution in [0.15, 0.2) is 5.51 Å². The predicted molar refractivity (Wildman–Crippen MR) is 55.3 cm³/mol. The second-order valence-corrected chi connectivity index (χ2v) is 4.76. The second-order valence-electron chi connectivity index (χ2n) is 3.93. The number of halogens is 3. The Bertz CT molecular complexity index is 325. The van der Waals surface area contributed by atoms with Crippen molar-refractivity contribution in [2.75, 3.05) is 5.32 Å². The van der Waals surface area contributed by atoms with Gasteiger partial charge in [-0.1, -0.05) is 24.2 Å². The van der Waals surface area contributed by atoms with Gasteiger partial charge in [0.15, 0.2) is 0 Å². The number of rotatable bonds is 2. The first-order valence-electron chi connectivity index (χ1n) is 5.17. The van der Waals surface area contributed by atoms with Crippen LogP contribution in [0, 0.1) is 5.92 Å². The van der Waals surface area contributed by atoms with E-state index < -0.39 is 18.1 Å². The van der Waals surface area contributed by atoms with Crippen molar-refractivity contribution in [2.45, 2.75) is 37.9 Å². The third kappa shape index (κ3) is 2.63. The summed E-state index contributed by atoms with van der Waals surface area (Å²) in [5, 5.41) is 10.6. The van der Waals surface area contributed by atoms with E-state index in [0.717, 1.165) is 6.42 Å². The first-order chi connectivity index (χ1) is 7.57. The number of alkyl halides is 3. The number of nitrogens with zero attached hydrogens (tertiary/aromatic N) is 2. The molecular formula is C9H12F3N3S. The highest BCUT2D eigenvalue weighted by atomic mass is 32.1. The largest absolute Gasteiger partial charge is 0.393 e. The Hall–Kier alpha value is -0.850. The second kappa shape index (κ2) is 4.57. The molecule has 3 nitrogen and oxygen atoms in total. The van der Waals surface area contributed by atoms with Gasteiger partial charge in [0.25, 0.3) is 0 Å². The van der Waals surface area contributed by atoms with Crippen LogP contribution in [-0.2, 0) is 0 Å². The molecule has 2 unspecified atom stereocenters. The third-order valence-corrected chi connectivity index (χ3v) is 3.48. The molecule has 0 aromatic carbocycles. The van der Waals surface area contributed by atoms with Crippen LogP contribution in [0.2, 0.25) is 0 Å². The van der Waals surface area contributed by atoms with Crippen LogP contribution in [0.25, 0.3) is 0 Å². The Labute approximate surface area is 95.1 Å². The Morgan fingerprint density at radius 3 is 2.69 bits per heavy atom. The van der Waals surface area contributed by atoms with Gasteiger partial charge in [-0.15, -0.1) is 10.2 Å². The molecule has 0 saturated heterocycles. The summed E-state index contributed by atoms with van der Waals surface area (Å²) in [7, 11) is 0. The van der Waals surface area contributed by atoms with Crippen molar-refractivity contribution in [3.63, 3.8) is 0 Å². The van der Waals surface area contributed by atoms with E-state index in [4.69, 9.17) is 0 Å². The normalized spacial score (nSPS) is 26.7. The molecule has 0 spiro atoms. The van der Waals surface area contributed by atoms with Crippen molar-refractivity contribution in [1.29, 1.82) is 0 Å². The minimum Gasteiger partial charge on any atom is -0.357 e. The Balaban J connectivity index is 2.05. The third-order valence-electron chi connectivity index (χ3n) is 2.86. The van der Waals surface area contributed by atoms with Crippen molar-refractivity contribution in [1.82, 2.24) is 10.2 Å². The maximum atomic E-state index is 12.7. The molecule has 1 fully saturated rings. The predicted octanol–water partition coefficient (Wildman–Crippen LogP) is 3.07. The van der Waals surface area contributed by atoms with Crippen LogP contribution >= 0.6 is 11.3 Å². The lowest BCUT2D eigenvalue weighted by Gasteiger charge is -2.33. The van der Waals surface area contributed by atoms with Gasteiger partial charge in [0.1, 0.15) is 5.51 Å². The summed E-state index contributed by atoms with van der Waals surface area (Å²) in [6.45, 7) is 0. The standard InChI is InChI=1S/C9H12F3N3S/c10-9(11,12)6-3-1-2-4-7(6)14-8-15-13-5-16-8/h5-7H,1-4H2,(H,14,15). The molecule has 1 aromatic rings. The molecule has 16 heavy (non-hydrogen) atoms. The van der Waals surface area contributed by atoms with E-state index in [9.17, 15) is 13.2 Å². The molecule has 0 radical (unpaired) electrons. The van der Waals surface area contributed by atoms with Crippen LogP contribution in [0.3, 0.4) is 0 Å². The molecule has 0 amide bonds. The van der Waals surface area contributed by atoms with Crippen LogP contribution < -0.4 is 5.32 Å². The fourth-order valence-electron chi connectivity index (χ4n) is 2.09. The molecule has 1 N–H and O–H groups in total. The van der Waals surface area contributed by atoms with E-state index in [2.05, 4.69) is 15.5 Å². The highest BCUT2D eigenvalue weighted by Crippen LogP contribution is 2.39. The van der Waals surface area contributed by atoms with Crippen LogP contribution in [0.4, 0.5) is 18.3 Å². The molecule has 1 saturated carbocycles. The molecule has 90 valence electrons. The summed E-state index contributed by atoms with van der Waals surface area (Å²) in [6, 6.07) is -0.554. The van der Waals surface area contributed by atoms with Gasteiger partial charge < -0.3 is 5.32 Å². The van der Waals surface area contributed by atoms with E-state index in [1.54, 1.807) is 0 Å². The first-order valence-corrected chi connectivity index (χ1v) is 6.05. The zero-order valence-corrected chi connectivity index (χ0v) is 9.31. The van der Waals surface area contributed by atoms with Crippen LogP contribution in [0.1, 0.15) is 25.7 Å². The van der Waals surface area contributed by atoms with Gasteiger partial charge in [0.05, 0.1) is 5.92 Å². The Morgan fingerprint density at radius 2 is 2.06 bits per heavy atom. The van der Waals surface area contributed by atoms with E-state index in [1.165, 1.54) is 16.8 Å². The summed E-state index contributed by atoms with van der Waals surface area (Å²) < 4.78 is 38.2. The van der Waals surface area contributed by atoms with Crippen LogP contribution in [0.5, 0.6) is 0 Å². The highest BCUT2D eigenvalue weighted by Gasteiger charge is 2.45. The van der Waals surface area contributed by atoms with Crippen LogP contribution in [-0.4, -0.2) is 22.4 Å². The van der Waals surface area contributed by atoms with Crippen molar-refractivity contribution in [3.05, 3.63) is 5.51 Å². The van der Waals surface area contributed by atoms with E-state index in [1.807, 2.05) is 0 Å². The molecule has 1 heterocycles. The number of hydrogen-bond acceptors (Lipinski definition) is 4. The maximum Gasteiger partial charge on any atom is 0.393 e. The molecule has 0 bridgehead atoms. The van der Waals surface area contributed by atoms with Crippen molar-refractivity contribution in [2.24, 2.45) is 5.92 Å².